The summed E-state index contributed by atoms with van der Waals surface area (Å²) in [5.41, 5.74) is 6.68. The minimum atomic E-state index is -0.546. The average Bonchev–Trinajstić information content (AvgIpc) is 2.87. The number of carbonyl (C=O) groups is 3. The molecule has 3 rings (SSSR count). The molecule has 24 heavy (non-hydrogen) atoms. The number of aromatic nitrogens is 1. The molecule has 3 N–H and O–H groups in total. The Labute approximate surface area is 142 Å². The molecule has 0 aliphatic carbocycles. The van der Waals surface area contributed by atoms with Crippen molar-refractivity contribution in [3.8, 4) is 0 Å². The van der Waals surface area contributed by atoms with Crippen molar-refractivity contribution in [2.45, 2.75) is 6.54 Å². The molecule has 2 heterocycles. The van der Waals surface area contributed by atoms with E-state index >= 15 is 0 Å². The molecule has 1 aromatic carbocycles. The quantitative estimate of drug-likeness (QED) is 0.479. The molecule has 1 aliphatic heterocycles. The zero-order valence-corrected chi connectivity index (χ0v) is 13.6. The van der Waals surface area contributed by atoms with Crippen LogP contribution in [0.2, 0.25) is 0 Å². The van der Waals surface area contributed by atoms with Crippen molar-refractivity contribution in [3.05, 3.63) is 41.6 Å². The van der Waals surface area contributed by atoms with Crippen molar-refractivity contribution >= 4 is 52.0 Å². The number of para-hydroxylation sites is 1. The fourth-order valence-electron chi connectivity index (χ4n) is 2.59. The number of amides is 3. The first-order valence-corrected chi connectivity index (χ1v) is 7.50. The molecule has 0 unspecified atom stereocenters. The van der Waals surface area contributed by atoms with Gasteiger partial charge in [0, 0.05) is 29.7 Å². The molecule has 0 atom stereocenters. The lowest BCUT2D eigenvalue weighted by molar-refractivity contribution is -0.128. The van der Waals surface area contributed by atoms with Crippen LogP contribution in [0.1, 0.15) is 5.56 Å². The van der Waals surface area contributed by atoms with Gasteiger partial charge in [-0.25, -0.2) is 0 Å². The molecule has 0 bridgehead atoms. The Balaban J connectivity index is 2.13. The van der Waals surface area contributed by atoms with E-state index in [2.05, 4.69) is 5.32 Å². The van der Waals surface area contributed by atoms with E-state index in [-0.39, 0.29) is 17.2 Å². The first-order chi connectivity index (χ1) is 11.4. The highest BCUT2D eigenvalue weighted by Gasteiger charge is 2.31. The second-order valence-electron chi connectivity index (χ2n) is 5.38. The van der Waals surface area contributed by atoms with Gasteiger partial charge in [0.15, 0.2) is 5.11 Å². The SMILES string of the molecule is CN1C(=O)/C(=C/c2cn(CC(N)=O)c3ccccc23)C(=O)NC1=S. The minimum absolute atomic E-state index is 0.00776. The number of benzene rings is 1. The number of rotatable bonds is 3. The van der Waals surface area contributed by atoms with Crippen molar-refractivity contribution in [1.29, 1.82) is 0 Å². The minimum Gasteiger partial charge on any atom is -0.368 e. The van der Waals surface area contributed by atoms with Crippen LogP contribution >= 0.6 is 12.2 Å². The molecule has 0 radical (unpaired) electrons. The molecule has 7 nitrogen and oxygen atoms in total. The molecule has 2 aromatic rings. The van der Waals surface area contributed by atoms with E-state index in [9.17, 15) is 14.4 Å². The van der Waals surface area contributed by atoms with Crippen LogP contribution in [-0.4, -0.2) is 39.3 Å². The first kappa shape index (κ1) is 15.9. The largest absolute Gasteiger partial charge is 0.368 e. The van der Waals surface area contributed by atoms with Gasteiger partial charge < -0.3 is 10.3 Å². The predicted octanol–water partition coefficient (Wildman–Crippen LogP) is 0.383. The topological polar surface area (TPSA) is 97.4 Å². The van der Waals surface area contributed by atoms with Crippen LogP contribution in [0, 0.1) is 0 Å². The molecule has 122 valence electrons. The zero-order chi connectivity index (χ0) is 17.4. The molecule has 8 heteroatoms. The Kier molecular flexibility index (Phi) is 3.90. The number of nitrogens with two attached hydrogens (primary N) is 1. The van der Waals surface area contributed by atoms with Gasteiger partial charge in [0.05, 0.1) is 0 Å². The molecular formula is C16H14N4O3S. The summed E-state index contributed by atoms with van der Waals surface area (Å²) < 4.78 is 1.68. The number of nitrogens with zero attached hydrogens (tertiary/aromatic N) is 2. The van der Waals surface area contributed by atoms with Crippen molar-refractivity contribution in [2.24, 2.45) is 5.73 Å². The third kappa shape index (κ3) is 2.67. The maximum Gasteiger partial charge on any atom is 0.265 e. The number of likely N-dealkylation sites (N-methyl/N-ethyl adjacent to an activating group) is 1. The summed E-state index contributed by atoms with van der Waals surface area (Å²) in [4.78, 5) is 36.8. The van der Waals surface area contributed by atoms with Gasteiger partial charge >= 0.3 is 0 Å². The molecular weight excluding hydrogens is 328 g/mol. The highest BCUT2D eigenvalue weighted by molar-refractivity contribution is 7.80. The summed E-state index contributed by atoms with van der Waals surface area (Å²) in [6.45, 7) is 0.00776. The van der Waals surface area contributed by atoms with E-state index in [0.29, 0.717) is 5.56 Å². The third-order valence-corrected chi connectivity index (χ3v) is 4.13. The number of hydrogen-bond donors (Lipinski definition) is 2. The van der Waals surface area contributed by atoms with Gasteiger partial charge in [-0.1, -0.05) is 18.2 Å². The highest BCUT2D eigenvalue weighted by Crippen LogP contribution is 2.24. The van der Waals surface area contributed by atoms with Gasteiger partial charge in [-0.3, -0.25) is 24.6 Å². The van der Waals surface area contributed by atoms with Gasteiger partial charge in [-0.05, 0) is 24.4 Å². The number of fused-ring (bicyclic) bond motifs is 1. The van der Waals surface area contributed by atoms with E-state index < -0.39 is 17.7 Å². The molecule has 0 saturated carbocycles. The molecule has 1 saturated heterocycles. The van der Waals surface area contributed by atoms with Gasteiger partial charge in [0.25, 0.3) is 11.8 Å². The fraction of sp³-hybridized carbons (Fsp3) is 0.125. The second kappa shape index (κ2) is 5.89. The third-order valence-electron chi connectivity index (χ3n) is 3.75. The lowest BCUT2D eigenvalue weighted by atomic mass is 10.1. The van der Waals surface area contributed by atoms with Crippen LogP contribution in [0.15, 0.2) is 36.0 Å². The van der Waals surface area contributed by atoms with Gasteiger partial charge in [0.1, 0.15) is 12.1 Å². The summed E-state index contributed by atoms with van der Waals surface area (Å²) in [7, 11) is 1.49. The first-order valence-electron chi connectivity index (χ1n) is 7.09. The van der Waals surface area contributed by atoms with Crippen LogP contribution in [-0.2, 0) is 20.9 Å². The Hall–Kier alpha value is -3.00. The van der Waals surface area contributed by atoms with E-state index in [1.165, 1.54) is 18.0 Å². The zero-order valence-electron chi connectivity index (χ0n) is 12.8. The van der Waals surface area contributed by atoms with Gasteiger partial charge in [-0.15, -0.1) is 0 Å². The van der Waals surface area contributed by atoms with E-state index in [4.69, 9.17) is 18.0 Å². The van der Waals surface area contributed by atoms with Crippen LogP contribution in [0.5, 0.6) is 0 Å². The summed E-state index contributed by atoms with van der Waals surface area (Å²) in [5.74, 6) is -1.50. The Morgan fingerprint density at radius 1 is 1.33 bits per heavy atom. The number of carbonyl (C=O) groups excluding carboxylic acids is 3. The van der Waals surface area contributed by atoms with E-state index in [1.54, 1.807) is 10.8 Å². The molecule has 1 fully saturated rings. The lowest BCUT2D eigenvalue weighted by Gasteiger charge is -2.24. The summed E-state index contributed by atoms with van der Waals surface area (Å²) >= 11 is 4.92. The normalized spacial score (nSPS) is 16.8. The molecule has 1 aliphatic rings. The Morgan fingerprint density at radius 3 is 2.75 bits per heavy atom. The van der Waals surface area contributed by atoms with Crippen LogP contribution in [0.3, 0.4) is 0 Å². The van der Waals surface area contributed by atoms with Crippen molar-refractivity contribution in [2.75, 3.05) is 7.05 Å². The average molecular weight is 342 g/mol. The van der Waals surface area contributed by atoms with Gasteiger partial charge in [0.2, 0.25) is 5.91 Å². The molecule has 3 amide bonds. The maximum absolute atomic E-state index is 12.3. The lowest BCUT2D eigenvalue weighted by Crippen LogP contribution is -2.52. The number of thiocarbonyl (C=S) groups is 1. The highest BCUT2D eigenvalue weighted by atomic mass is 32.1. The van der Waals surface area contributed by atoms with Crippen molar-refractivity contribution < 1.29 is 14.4 Å². The Bertz CT molecular complexity index is 929. The van der Waals surface area contributed by atoms with E-state index in [0.717, 1.165) is 10.9 Å². The summed E-state index contributed by atoms with van der Waals surface area (Å²) in [6, 6.07) is 7.35. The van der Waals surface area contributed by atoms with Crippen molar-refractivity contribution in [1.82, 2.24) is 14.8 Å². The van der Waals surface area contributed by atoms with Crippen LogP contribution in [0.25, 0.3) is 17.0 Å². The second-order valence-corrected chi connectivity index (χ2v) is 5.76. The number of nitrogens with one attached hydrogen (secondary N) is 1. The fourth-order valence-corrected chi connectivity index (χ4v) is 2.77. The number of primary amides is 1. The standard InChI is InChI=1S/C16H14N4O3S/c1-19-15(23)11(14(22)18-16(19)24)6-9-7-20(8-13(17)21)12-5-3-2-4-10(9)12/h2-7H,8H2,1H3,(H2,17,21)(H,18,22,24)/b11-6+. The Morgan fingerprint density at radius 2 is 2.04 bits per heavy atom. The summed E-state index contributed by atoms with van der Waals surface area (Å²) in [5, 5.41) is 3.34. The molecule has 0 spiro atoms. The number of hydrogen-bond acceptors (Lipinski definition) is 4. The summed E-state index contributed by atoms with van der Waals surface area (Å²) in [6.07, 6.45) is 3.19. The maximum atomic E-state index is 12.3. The van der Waals surface area contributed by atoms with E-state index in [1.807, 2.05) is 24.3 Å². The van der Waals surface area contributed by atoms with Gasteiger partial charge in [-0.2, -0.15) is 0 Å². The monoisotopic (exact) mass is 342 g/mol. The van der Waals surface area contributed by atoms with Crippen LogP contribution in [0.4, 0.5) is 0 Å². The predicted molar refractivity (Wildman–Crippen MR) is 92.6 cm³/mol. The smallest absolute Gasteiger partial charge is 0.265 e. The van der Waals surface area contributed by atoms with Crippen LogP contribution < -0.4 is 11.1 Å². The molecule has 1 aromatic heterocycles. The van der Waals surface area contributed by atoms with Crippen molar-refractivity contribution in [3.63, 3.8) is 0 Å².